The van der Waals surface area contributed by atoms with Crippen LogP contribution in [-0.4, -0.2) is 12.9 Å². The Morgan fingerprint density at radius 3 is 2.18 bits per heavy atom. The maximum Gasteiger partial charge on any atom is 0.168 e. The number of ether oxygens (including phenoxy) is 2. The Labute approximate surface area is 104 Å². The van der Waals surface area contributed by atoms with Gasteiger partial charge < -0.3 is 9.47 Å². The maximum absolute atomic E-state index is 5.98. The summed E-state index contributed by atoms with van der Waals surface area (Å²) in [6, 6.07) is 8.65. The first-order valence-corrected chi connectivity index (χ1v) is 6.55. The van der Waals surface area contributed by atoms with E-state index in [9.17, 15) is 0 Å². The monoisotopic (exact) mass is 234 g/mol. The summed E-state index contributed by atoms with van der Waals surface area (Å²) in [6.45, 7) is 2.82. The van der Waals surface area contributed by atoms with Crippen molar-refractivity contribution in [3.05, 3.63) is 35.4 Å². The van der Waals surface area contributed by atoms with Crippen LogP contribution in [0.4, 0.5) is 0 Å². The lowest BCUT2D eigenvalue weighted by Gasteiger charge is -2.27. The summed E-state index contributed by atoms with van der Waals surface area (Å²) in [5, 5.41) is 0. The van der Waals surface area contributed by atoms with E-state index in [4.69, 9.17) is 9.47 Å². The second kappa shape index (κ2) is 5.65. The third kappa shape index (κ3) is 3.08. The van der Waals surface area contributed by atoms with Crippen LogP contribution in [0.5, 0.6) is 0 Å². The smallest absolute Gasteiger partial charge is 0.168 e. The molecule has 94 valence electrons. The van der Waals surface area contributed by atoms with Crippen molar-refractivity contribution in [2.24, 2.45) is 0 Å². The SMILES string of the molecule is CCc1ccc(COC2(OC)CCCC2)cc1. The minimum atomic E-state index is -0.316. The predicted octanol–water partition coefficient (Wildman–Crippen LogP) is 3.68. The zero-order valence-corrected chi connectivity index (χ0v) is 10.9. The van der Waals surface area contributed by atoms with Gasteiger partial charge in [-0.25, -0.2) is 0 Å². The van der Waals surface area contributed by atoms with E-state index in [1.54, 1.807) is 7.11 Å². The summed E-state index contributed by atoms with van der Waals surface area (Å²) < 4.78 is 11.5. The zero-order chi connectivity index (χ0) is 12.1. The lowest BCUT2D eigenvalue weighted by atomic mass is 10.1. The molecule has 0 spiro atoms. The van der Waals surface area contributed by atoms with Crippen molar-refractivity contribution in [3.8, 4) is 0 Å². The van der Waals surface area contributed by atoms with Gasteiger partial charge in [0, 0.05) is 20.0 Å². The standard InChI is InChI=1S/C15H22O2/c1-3-13-6-8-14(9-7-13)12-17-15(16-2)10-4-5-11-15/h6-9H,3-5,10-12H2,1-2H3. The van der Waals surface area contributed by atoms with E-state index in [-0.39, 0.29) is 5.79 Å². The first-order chi connectivity index (χ1) is 8.28. The van der Waals surface area contributed by atoms with E-state index in [1.165, 1.54) is 24.0 Å². The van der Waals surface area contributed by atoms with Gasteiger partial charge in [-0.1, -0.05) is 31.2 Å². The molecule has 2 nitrogen and oxygen atoms in total. The molecular weight excluding hydrogens is 212 g/mol. The number of rotatable bonds is 5. The van der Waals surface area contributed by atoms with Gasteiger partial charge in [-0.15, -0.1) is 0 Å². The summed E-state index contributed by atoms with van der Waals surface area (Å²) in [7, 11) is 1.76. The van der Waals surface area contributed by atoms with Gasteiger partial charge in [0.15, 0.2) is 5.79 Å². The van der Waals surface area contributed by atoms with Crippen molar-refractivity contribution < 1.29 is 9.47 Å². The van der Waals surface area contributed by atoms with Crippen LogP contribution in [0.2, 0.25) is 0 Å². The molecular formula is C15H22O2. The fourth-order valence-electron chi connectivity index (χ4n) is 2.41. The second-order valence-corrected chi connectivity index (χ2v) is 4.78. The lowest BCUT2D eigenvalue weighted by Crippen LogP contribution is -2.30. The molecule has 1 aliphatic carbocycles. The lowest BCUT2D eigenvalue weighted by molar-refractivity contribution is -0.224. The Hall–Kier alpha value is -0.860. The van der Waals surface area contributed by atoms with Crippen LogP contribution in [0.1, 0.15) is 43.7 Å². The molecule has 0 amide bonds. The molecule has 0 atom stereocenters. The largest absolute Gasteiger partial charge is 0.353 e. The quantitative estimate of drug-likeness (QED) is 0.723. The molecule has 0 radical (unpaired) electrons. The van der Waals surface area contributed by atoms with Crippen molar-refractivity contribution in [2.45, 2.75) is 51.4 Å². The van der Waals surface area contributed by atoms with E-state index in [2.05, 4.69) is 31.2 Å². The molecule has 0 aromatic heterocycles. The molecule has 0 bridgehead atoms. The molecule has 2 rings (SSSR count). The molecule has 1 saturated carbocycles. The molecule has 1 aromatic carbocycles. The average Bonchev–Trinajstić information content (AvgIpc) is 2.86. The van der Waals surface area contributed by atoms with Gasteiger partial charge in [-0.3, -0.25) is 0 Å². The summed E-state index contributed by atoms with van der Waals surface area (Å²) in [6.07, 6.45) is 5.56. The molecule has 0 unspecified atom stereocenters. The Kier molecular flexibility index (Phi) is 4.19. The molecule has 2 heteroatoms. The van der Waals surface area contributed by atoms with Crippen LogP contribution in [-0.2, 0) is 22.5 Å². The Balaban J connectivity index is 1.92. The van der Waals surface area contributed by atoms with Crippen molar-refractivity contribution >= 4 is 0 Å². The van der Waals surface area contributed by atoms with Crippen molar-refractivity contribution in [2.75, 3.05) is 7.11 Å². The molecule has 0 aliphatic heterocycles. The fraction of sp³-hybridized carbons (Fsp3) is 0.600. The van der Waals surface area contributed by atoms with Crippen LogP contribution < -0.4 is 0 Å². The van der Waals surface area contributed by atoms with Gasteiger partial charge in [-0.05, 0) is 30.4 Å². The normalized spacial score (nSPS) is 18.5. The highest BCUT2D eigenvalue weighted by atomic mass is 16.7. The fourth-order valence-corrected chi connectivity index (χ4v) is 2.41. The van der Waals surface area contributed by atoms with Crippen molar-refractivity contribution in [1.29, 1.82) is 0 Å². The molecule has 0 saturated heterocycles. The van der Waals surface area contributed by atoms with Gasteiger partial charge >= 0.3 is 0 Å². The molecule has 17 heavy (non-hydrogen) atoms. The molecule has 0 heterocycles. The number of benzene rings is 1. The zero-order valence-electron chi connectivity index (χ0n) is 10.9. The molecule has 1 aromatic rings. The summed E-state index contributed by atoms with van der Waals surface area (Å²) in [4.78, 5) is 0. The number of aryl methyl sites for hydroxylation is 1. The van der Waals surface area contributed by atoms with Gasteiger partial charge in [0.1, 0.15) is 0 Å². The maximum atomic E-state index is 5.98. The van der Waals surface area contributed by atoms with Crippen LogP contribution in [0.25, 0.3) is 0 Å². The van der Waals surface area contributed by atoms with Crippen molar-refractivity contribution in [1.82, 2.24) is 0 Å². The van der Waals surface area contributed by atoms with E-state index in [1.807, 2.05) is 0 Å². The Morgan fingerprint density at radius 2 is 1.65 bits per heavy atom. The van der Waals surface area contributed by atoms with Gasteiger partial charge in [0.05, 0.1) is 6.61 Å². The van der Waals surface area contributed by atoms with E-state index in [0.717, 1.165) is 19.3 Å². The van der Waals surface area contributed by atoms with Gasteiger partial charge in [0.2, 0.25) is 0 Å². The highest BCUT2D eigenvalue weighted by molar-refractivity contribution is 5.21. The first-order valence-electron chi connectivity index (χ1n) is 6.55. The van der Waals surface area contributed by atoms with E-state index < -0.39 is 0 Å². The minimum absolute atomic E-state index is 0.316. The molecule has 0 N–H and O–H groups in total. The Bertz CT molecular complexity index is 336. The van der Waals surface area contributed by atoms with Crippen LogP contribution in [0.15, 0.2) is 24.3 Å². The third-order valence-corrected chi connectivity index (χ3v) is 3.67. The first kappa shape index (κ1) is 12.6. The molecule has 1 fully saturated rings. The second-order valence-electron chi connectivity index (χ2n) is 4.78. The highest BCUT2D eigenvalue weighted by Gasteiger charge is 2.34. The predicted molar refractivity (Wildman–Crippen MR) is 68.8 cm³/mol. The average molecular weight is 234 g/mol. The van der Waals surface area contributed by atoms with Crippen LogP contribution >= 0.6 is 0 Å². The number of hydrogen-bond acceptors (Lipinski definition) is 2. The van der Waals surface area contributed by atoms with E-state index in [0.29, 0.717) is 6.61 Å². The summed E-state index contributed by atoms with van der Waals surface area (Å²) >= 11 is 0. The van der Waals surface area contributed by atoms with Crippen LogP contribution in [0.3, 0.4) is 0 Å². The van der Waals surface area contributed by atoms with Gasteiger partial charge in [0.25, 0.3) is 0 Å². The Morgan fingerprint density at radius 1 is 1.06 bits per heavy atom. The third-order valence-electron chi connectivity index (χ3n) is 3.67. The number of methoxy groups -OCH3 is 1. The topological polar surface area (TPSA) is 18.5 Å². The minimum Gasteiger partial charge on any atom is -0.353 e. The summed E-state index contributed by atoms with van der Waals surface area (Å²) in [5.74, 6) is -0.316. The number of hydrogen-bond donors (Lipinski definition) is 0. The highest BCUT2D eigenvalue weighted by Crippen LogP contribution is 2.34. The molecule has 1 aliphatic rings. The van der Waals surface area contributed by atoms with Gasteiger partial charge in [-0.2, -0.15) is 0 Å². The van der Waals surface area contributed by atoms with Crippen molar-refractivity contribution in [3.63, 3.8) is 0 Å². The van der Waals surface area contributed by atoms with Crippen LogP contribution in [0, 0.1) is 0 Å². The van der Waals surface area contributed by atoms with E-state index >= 15 is 0 Å². The summed E-state index contributed by atoms with van der Waals surface area (Å²) in [5.41, 5.74) is 2.60.